The van der Waals surface area contributed by atoms with Crippen LogP contribution in [0.15, 0.2) is 91.0 Å². The van der Waals surface area contributed by atoms with Gasteiger partial charge in [-0.3, -0.25) is 9.59 Å². The first-order valence-corrected chi connectivity index (χ1v) is 10.1. The zero-order valence-electron chi connectivity index (χ0n) is 17.2. The number of hydrogen-bond acceptors (Lipinski definition) is 3. The summed E-state index contributed by atoms with van der Waals surface area (Å²) in [6.07, 6.45) is 4.18. The van der Waals surface area contributed by atoms with E-state index in [-0.39, 0.29) is 37.1 Å². The number of aryl methyl sites for hydroxylation is 1. The Balaban J connectivity index is 1.62. The molecular weight excluding hydrogens is 372 g/mol. The summed E-state index contributed by atoms with van der Waals surface area (Å²) in [7, 11) is 0. The number of ketones is 1. The van der Waals surface area contributed by atoms with Gasteiger partial charge in [-0.25, -0.2) is 0 Å². The second-order valence-electron chi connectivity index (χ2n) is 7.30. The molecule has 0 saturated heterocycles. The van der Waals surface area contributed by atoms with Gasteiger partial charge in [0.05, 0.1) is 6.42 Å². The third kappa shape index (κ3) is 6.56. The number of ether oxygens (including phenoxy) is 1. The van der Waals surface area contributed by atoms with Crippen LogP contribution in [-0.4, -0.2) is 18.4 Å². The van der Waals surface area contributed by atoms with Gasteiger partial charge in [-0.1, -0.05) is 90.5 Å². The summed E-state index contributed by atoms with van der Waals surface area (Å²) in [6.45, 7) is 2.17. The molecule has 0 fully saturated rings. The van der Waals surface area contributed by atoms with Gasteiger partial charge >= 0.3 is 5.97 Å². The van der Waals surface area contributed by atoms with Crippen LogP contribution in [-0.2, 0) is 9.53 Å². The van der Waals surface area contributed by atoms with E-state index in [9.17, 15) is 9.59 Å². The van der Waals surface area contributed by atoms with E-state index in [1.165, 1.54) is 0 Å². The Morgan fingerprint density at radius 3 is 2.27 bits per heavy atom. The molecule has 3 heteroatoms. The number of benzene rings is 3. The van der Waals surface area contributed by atoms with E-state index in [0.29, 0.717) is 5.56 Å². The Labute approximate surface area is 178 Å². The summed E-state index contributed by atoms with van der Waals surface area (Å²) in [5.74, 6) is -0.493. The molecule has 1 atom stereocenters. The van der Waals surface area contributed by atoms with Crippen molar-refractivity contribution in [1.29, 1.82) is 0 Å². The lowest BCUT2D eigenvalue weighted by Gasteiger charge is -2.16. The zero-order valence-corrected chi connectivity index (χ0v) is 17.2. The lowest BCUT2D eigenvalue weighted by atomic mass is 9.89. The lowest BCUT2D eigenvalue weighted by molar-refractivity contribution is -0.142. The van der Waals surface area contributed by atoms with Gasteiger partial charge in [-0.15, -0.1) is 0 Å². The molecule has 0 bridgehead atoms. The van der Waals surface area contributed by atoms with Gasteiger partial charge in [-0.05, 0) is 30.2 Å². The van der Waals surface area contributed by atoms with E-state index in [2.05, 4.69) is 0 Å². The molecule has 0 spiro atoms. The van der Waals surface area contributed by atoms with Crippen molar-refractivity contribution in [3.63, 3.8) is 0 Å². The molecule has 0 heterocycles. The summed E-state index contributed by atoms with van der Waals surface area (Å²) < 4.78 is 5.39. The minimum absolute atomic E-state index is 0.0318. The fraction of sp³-hybridized carbons (Fsp3) is 0.185. The first-order valence-electron chi connectivity index (χ1n) is 10.1. The Morgan fingerprint density at radius 1 is 0.867 bits per heavy atom. The zero-order chi connectivity index (χ0) is 21.2. The van der Waals surface area contributed by atoms with Gasteiger partial charge in [-0.2, -0.15) is 0 Å². The predicted octanol–water partition coefficient (Wildman–Crippen LogP) is 6.00. The van der Waals surface area contributed by atoms with E-state index in [1.54, 1.807) is 0 Å². The van der Waals surface area contributed by atoms with Crippen molar-refractivity contribution in [3.05, 3.63) is 113 Å². The fourth-order valence-corrected chi connectivity index (χ4v) is 3.34. The highest BCUT2D eigenvalue weighted by atomic mass is 16.5. The first-order chi connectivity index (χ1) is 14.6. The van der Waals surface area contributed by atoms with E-state index in [4.69, 9.17) is 4.74 Å². The average molecular weight is 399 g/mol. The van der Waals surface area contributed by atoms with Crippen LogP contribution in [0, 0.1) is 6.92 Å². The molecule has 0 aliphatic heterocycles. The molecule has 0 aliphatic rings. The van der Waals surface area contributed by atoms with Crippen LogP contribution in [0.3, 0.4) is 0 Å². The number of carbonyl (C=O) groups is 2. The fourth-order valence-electron chi connectivity index (χ4n) is 3.34. The van der Waals surface area contributed by atoms with E-state index < -0.39 is 0 Å². The summed E-state index contributed by atoms with van der Waals surface area (Å²) >= 11 is 0. The summed E-state index contributed by atoms with van der Waals surface area (Å²) in [5, 5.41) is 0. The van der Waals surface area contributed by atoms with Crippen molar-refractivity contribution in [2.24, 2.45) is 0 Å². The summed E-state index contributed by atoms with van der Waals surface area (Å²) in [4.78, 5) is 25.3. The van der Waals surface area contributed by atoms with Crippen LogP contribution in [0.25, 0.3) is 6.08 Å². The van der Waals surface area contributed by atoms with Crippen LogP contribution < -0.4 is 0 Å². The smallest absolute Gasteiger partial charge is 0.306 e. The topological polar surface area (TPSA) is 43.4 Å². The quantitative estimate of drug-likeness (QED) is 0.328. The molecule has 0 aliphatic carbocycles. The normalized spacial score (nSPS) is 11.9. The summed E-state index contributed by atoms with van der Waals surface area (Å²) in [5.41, 5.74) is 3.74. The SMILES string of the molecule is Cc1cccc(C(=O)CC(CC(=O)OC/C=C/c2ccccc2)c2ccccc2)c1. The van der Waals surface area contributed by atoms with Crippen molar-refractivity contribution in [2.75, 3.05) is 6.61 Å². The highest BCUT2D eigenvalue weighted by molar-refractivity contribution is 5.97. The molecule has 0 aromatic heterocycles. The second kappa shape index (κ2) is 10.9. The number of hydrogen-bond donors (Lipinski definition) is 0. The lowest BCUT2D eigenvalue weighted by Crippen LogP contribution is -2.14. The van der Waals surface area contributed by atoms with Crippen molar-refractivity contribution < 1.29 is 14.3 Å². The Kier molecular flexibility index (Phi) is 7.73. The first kappa shape index (κ1) is 21.3. The average Bonchev–Trinajstić information content (AvgIpc) is 2.77. The number of esters is 1. The third-order valence-corrected chi connectivity index (χ3v) is 4.91. The van der Waals surface area contributed by atoms with Crippen molar-refractivity contribution in [1.82, 2.24) is 0 Å². The molecule has 0 amide bonds. The van der Waals surface area contributed by atoms with Crippen LogP contribution in [0.1, 0.15) is 45.8 Å². The minimum Gasteiger partial charge on any atom is -0.461 e. The van der Waals surface area contributed by atoms with E-state index in [0.717, 1.165) is 16.7 Å². The van der Waals surface area contributed by atoms with Crippen molar-refractivity contribution >= 4 is 17.8 Å². The molecule has 3 aromatic carbocycles. The molecular formula is C27H26O3. The predicted molar refractivity (Wildman–Crippen MR) is 120 cm³/mol. The van der Waals surface area contributed by atoms with Gasteiger partial charge < -0.3 is 4.74 Å². The molecule has 152 valence electrons. The van der Waals surface area contributed by atoms with Crippen LogP contribution >= 0.6 is 0 Å². The number of rotatable bonds is 9. The molecule has 30 heavy (non-hydrogen) atoms. The standard InChI is InChI=1S/C27H26O3/c1-21-10-8-16-24(18-21)26(28)19-25(23-14-6-3-7-15-23)20-27(29)30-17-9-13-22-11-4-2-5-12-22/h2-16,18,25H,17,19-20H2,1H3/b13-9+. The number of Topliss-reactive ketones (excluding diaryl/α,β-unsaturated/α-hetero) is 1. The maximum Gasteiger partial charge on any atom is 0.306 e. The second-order valence-corrected chi connectivity index (χ2v) is 7.30. The van der Waals surface area contributed by atoms with Gasteiger partial charge in [0.2, 0.25) is 0 Å². The monoisotopic (exact) mass is 398 g/mol. The molecule has 0 radical (unpaired) electrons. The maximum atomic E-state index is 12.8. The Morgan fingerprint density at radius 2 is 1.57 bits per heavy atom. The Bertz CT molecular complexity index is 991. The maximum absolute atomic E-state index is 12.8. The van der Waals surface area contributed by atoms with Gasteiger partial charge in [0.1, 0.15) is 6.61 Å². The molecule has 0 N–H and O–H groups in total. The van der Waals surface area contributed by atoms with Crippen LogP contribution in [0.4, 0.5) is 0 Å². The van der Waals surface area contributed by atoms with Crippen LogP contribution in [0.2, 0.25) is 0 Å². The highest BCUT2D eigenvalue weighted by Gasteiger charge is 2.21. The highest BCUT2D eigenvalue weighted by Crippen LogP contribution is 2.26. The largest absolute Gasteiger partial charge is 0.461 e. The molecule has 3 rings (SSSR count). The molecule has 0 saturated carbocycles. The van der Waals surface area contributed by atoms with E-state index in [1.807, 2.05) is 104 Å². The van der Waals surface area contributed by atoms with Gasteiger partial charge in [0, 0.05) is 17.9 Å². The summed E-state index contributed by atoms with van der Waals surface area (Å²) in [6, 6.07) is 27.1. The van der Waals surface area contributed by atoms with Gasteiger partial charge in [0.15, 0.2) is 5.78 Å². The van der Waals surface area contributed by atoms with Gasteiger partial charge in [0.25, 0.3) is 0 Å². The third-order valence-electron chi connectivity index (χ3n) is 4.91. The molecule has 3 aromatic rings. The molecule has 1 unspecified atom stereocenters. The number of carbonyl (C=O) groups excluding carboxylic acids is 2. The minimum atomic E-state index is -0.307. The van der Waals surface area contributed by atoms with Crippen LogP contribution in [0.5, 0.6) is 0 Å². The van der Waals surface area contributed by atoms with E-state index >= 15 is 0 Å². The Hall–Kier alpha value is -3.46. The van der Waals surface area contributed by atoms with Crippen molar-refractivity contribution in [3.8, 4) is 0 Å². The molecule has 3 nitrogen and oxygen atoms in total. The van der Waals surface area contributed by atoms with Crippen molar-refractivity contribution in [2.45, 2.75) is 25.7 Å².